The Morgan fingerprint density at radius 2 is 1.91 bits per heavy atom. The second-order valence-electron chi connectivity index (χ2n) is 8.70. The Bertz CT molecular complexity index is 1120. The molecule has 2 aromatic heterocycles. The van der Waals surface area contributed by atoms with Crippen molar-refractivity contribution in [3.8, 4) is 0 Å². The fourth-order valence-corrected chi connectivity index (χ4v) is 4.41. The molecule has 3 heterocycles. The third-order valence-corrected chi connectivity index (χ3v) is 6.62. The van der Waals surface area contributed by atoms with Crippen molar-refractivity contribution in [2.75, 3.05) is 31.1 Å². The van der Waals surface area contributed by atoms with Crippen LogP contribution in [0.4, 0.5) is 28.0 Å². The van der Waals surface area contributed by atoms with Gasteiger partial charge in [-0.3, -0.25) is 4.98 Å². The number of ether oxygens (including phenoxy) is 1. The van der Waals surface area contributed by atoms with Crippen molar-refractivity contribution < 1.29 is 27.1 Å². The molecule has 1 atom stereocenters. The summed E-state index contributed by atoms with van der Waals surface area (Å²) in [6, 6.07) is 1.91. The fourth-order valence-electron chi connectivity index (χ4n) is 4.41. The standard InChI is InChI=1S/C22H23F4N5O2/c1-13-28-17(12-29(13)2)14-9-15-16(10-14)27-4-3-18(15)30-5-7-31(8-6-30)20(32)33-19-11-21(23,24)22(19,25)26/h3-4,9,12,19H,5-8,10-11H2,1-2H3/t19-/m1/s1. The number of halogens is 4. The van der Waals surface area contributed by atoms with Crippen molar-refractivity contribution in [1.82, 2.24) is 19.4 Å². The molecular weight excluding hydrogens is 442 g/mol. The molecule has 1 aliphatic heterocycles. The number of allylic oxidation sites excluding steroid dienone is 1. The first kappa shape index (κ1) is 21.7. The second kappa shape index (κ2) is 7.46. The fraction of sp³-hybridized carbons (Fsp3) is 0.500. The highest BCUT2D eigenvalue weighted by molar-refractivity contribution is 5.91. The number of alkyl halides is 4. The van der Waals surface area contributed by atoms with Crippen molar-refractivity contribution in [3.05, 3.63) is 41.2 Å². The van der Waals surface area contributed by atoms with Gasteiger partial charge in [0.05, 0.1) is 17.8 Å². The number of pyridine rings is 1. The van der Waals surface area contributed by atoms with Crippen LogP contribution in [0.15, 0.2) is 18.5 Å². The van der Waals surface area contributed by atoms with E-state index in [1.165, 1.54) is 4.90 Å². The van der Waals surface area contributed by atoms with E-state index in [1.807, 2.05) is 30.8 Å². The normalized spacial score (nSPS) is 23.1. The van der Waals surface area contributed by atoms with E-state index in [2.05, 4.69) is 25.7 Å². The lowest BCUT2D eigenvalue weighted by molar-refractivity contribution is -0.330. The molecule has 0 unspecified atom stereocenters. The topological polar surface area (TPSA) is 63.5 Å². The maximum atomic E-state index is 13.4. The van der Waals surface area contributed by atoms with Crippen LogP contribution in [-0.4, -0.2) is 69.7 Å². The van der Waals surface area contributed by atoms with Gasteiger partial charge in [-0.25, -0.2) is 9.78 Å². The molecule has 0 spiro atoms. The van der Waals surface area contributed by atoms with E-state index in [1.54, 1.807) is 6.20 Å². The molecule has 1 saturated carbocycles. The first-order valence-electron chi connectivity index (χ1n) is 10.7. The summed E-state index contributed by atoms with van der Waals surface area (Å²) in [5.74, 6) is -7.53. The smallest absolute Gasteiger partial charge is 0.410 e. The summed E-state index contributed by atoms with van der Waals surface area (Å²) in [6.45, 7) is 3.32. The number of carbonyl (C=O) groups is 1. The zero-order valence-corrected chi connectivity index (χ0v) is 18.2. The van der Waals surface area contributed by atoms with Crippen molar-refractivity contribution >= 4 is 23.4 Å². The number of hydrogen-bond acceptors (Lipinski definition) is 5. The van der Waals surface area contributed by atoms with Gasteiger partial charge >= 0.3 is 17.9 Å². The first-order chi connectivity index (χ1) is 15.6. The van der Waals surface area contributed by atoms with E-state index in [0.717, 1.165) is 34.0 Å². The maximum absolute atomic E-state index is 13.4. The Morgan fingerprint density at radius 1 is 1.18 bits per heavy atom. The number of rotatable bonds is 3. The molecule has 2 aromatic rings. The summed E-state index contributed by atoms with van der Waals surface area (Å²) in [5, 5.41) is 0. The molecule has 1 saturated heterocycles. The van der Waals surface area contributed by atoms with Crippen LogP contribution in [0.3, 0.4) is 0 Å². The van der Waals surface area contributed by atoms with Gasteiger partial charge in [-0.1, -0.05) is 0 Å². The number of carbonyl (C=O) groups excluding carboxylic acids is 1. The van der Waals surface area contributed by atoms with Gasteiger partial charge in [-0.15, -0.1) is 0 Å². The second-order valence-corrected chi connectivity index (χ2v) is 8.70. The molecular formula is C22H23F4N5O2. The number of amides is 1. The molecule has 2 fully saturated rings. The lowest BCUT2D eigenvalue weighted by Crippen LogP contribution is -2.64. The molecule has 0 radical (unpaired) electrons. The minimum Gasteiger partial charge on any atom is -0.439 e. The number of anilines is 1. The predicted octanol–water partition coefficient (Wildman–Crippen LogP) is 3.52. The Balaban J connectivity index is 1.25. The molecule has 0 N–H and O–H groups in total. The van der Waals surface area contributed by atoms with Crippen molar-refractivity contribution in [1.29, 1.82) is 0 Å². The quantitative estimate of drug-likeness (QED) is 0.650. The zero-order valence-electron chi connectivity index (χ0n) is 18.2. The Kier molecular flexibility index (Phi) is 4.91. The molecule has 7 nitrogen and oxygen atoms in total. The van der Waals surface area contributed by atoms with Crippen LogP contribution in [0.5, 0.6) is 0 Å². The summed E-state index contributed by atoms with van der Waals surface area (Å²) in [6.07, 6.45) is 2.26. The van der Waals surface area contributed by atoms with Crippen LogP contribution in [0.25, 0.3) is 11.6 Å². The molecule has 1 amide bonds. The highest BCUT2D eigenvalue weighted by Gasteiger charge is 2.74. The van der Waals surface area contributed by atoms with Gasteiger partial charge in [-0.05, 0) is 24.6 Å². The number of imidazole rings is 1. The van der Waals surface area contributed by atoms with Gasteiger partial charge in [0.2, 0.25) is 0 Å². The summed E-state index contributed by atoms with van der Waals surface area (Å²) in [5.41, 5.74) is 4.91. The SMILES string of the molecule is Cc1nc(C2=Cc3c(N4CCN(C(=O)O[C@@H]5CC(F)(F)C5(F)F)CC4)ccnc3C2)cn1C. The minimum absolute atomic E-state index is 0.237. The van der Waals surface area contributed by atoms with Crippen LogP contribution >= 0.6 is 0 Å². The number of hydrogen-bond donors (Lipinski definition) is 0. The summed E-state index contributed by atoms with van der Waals surface area (Å²) < 4.78 is 59.5. The summed E-state index contributed by atoms with van der Waals surface area (Å²) >= 11 is 0. The largest absolute Gasteiger partial charge is 0.439 e. The monoisotopic (exact) mass is 465 g/mol. The Hall–Kier alpha value is -3.11. The number of aryl methyl sites for hydroxylation is 2. The number of fused-ring (bicyclic) bond motifs is 1. The molecule has 176 valence electrons. The van der Waals surface area contributed by atoms with Crippen LogP contribution in [0, 0.1) is 6.92 Å². The van der Waals surface area contributed by atoms with E-state index >= 15 is 0 Å². The molecule has 11 heteroatoms. The highest BCUT2D eigenvalue weighted by atomic mass is 19.3. The van der Waals surface area contributed by atoms with Gasteiger partial charge in [0.1, 0.15) is 5.82 Å². The van der Waals surface area contributed by atoms with Gasteiger partial charge in [0, 0.05) is 63.3 Å². The van der Waals surface area contributed by atoms with Crippen molar-refractivity contribution in [3.63, 3.8) is 0 Å². The van der Waals surface area contributed by atoms with Crippen LogP contribution < -0.4 is 4.90 Å². The molecule has 5 rings (SSSR count). The van der Waals surface area contributed by atoms with Crippen LogP contribution in [0.2, 0.25) is 0 Å². The molecule has 2 aliphatic carbocycles. The van der Waals surface area contributed by atoms with E-state index in [-0.39, 0.29) is 13.1 Å². The van der Waals surface area contributed by atoms with E-state index in [9.17, 15) is 22.4 Å². The number of aromatic nitrogens is 3. The molecule has 0 bridgehead atoms. The highest BCUT2D eigenvalue weighted by Crippen LogP contribution is 2.52. The van der Waals surface area contributed by atoms with Gasteiger partial charge < -0.3 is 19.1 Å². The third kappa shape index (κ3) is 3.53. The molecule has 33 heavy (non-hydrogen) atoms. The Morgan fingerprint density at radius 3 is 2.52 bits per heavy atom. The summed E-state index contributed by atoms with van der Waals surface area (Å²) in [7, 11) is 1.94. The maximum Gasteiger partial charge on any atom is 0.410 e. The average molecular weight is 465 g/mol. The van der Waals surface area contributed by atoms with Crippen molar-refractivity contribution in [2.45, 2.75) is 37.7 Å². The van der Waals surface area contributed by atoms with Gasteiger partial charge in [0.25, 0.3) is 0 Å². The predicted molar refractivity (Wildman–Crippen MR) is 112 cm³/mol. The van der Waals surface area contributed by atoms with Gasteiger partial charge in [-0.2, -0.15) is 17.6 Å². The van der Waals surface area contributed by atoms with E-state index in [4.69, 9.17) is 0 Å². The van der Waals surface area contributed by atoms with Crippen LogP contribution in [-0.2, 0) is 18.2 Å². The lowest BCUT2D eigenvalue weighted by atomic mass is 9.85. The lowest BCUT2D eigenvalue weighted by Gasteiger charge is -2.43. The first-order valence-corrected chi connectivity index (χ1v) is 10.7. The third-order valence-electron chi connectivity index (χ3n) is 6.62. The minimum atomic E-state index is -4.32. The number of nitrogens with zero attached hydrogens (tertiary/aromatic N) is 5. The number of piperazine rings is 1. The van der Waals surface area contributed by atoms with Gasteiger partial charge in [0.15, 0.2) is 6.10 Å². The average Bonchev–Trinajstić information content (AvgIpc) is 3.36. The van der Waals surface area contributed by atoms with Crippen molar-refractivity contribution in [2.24, 2.45) is 7.05 Å². The summed E-state index contributed by atoms with van der Waals surface area (Å²) in [4.78, 5) is 24.7. The molecule has 3 aliphatic rings. The zero-order chi connectivity index (χ0) is 23.5. The Labute approximate surface area is 187 Å². The van der Waals surface area contributed by atoms with E-state index < -0.39 is 30.5 Å². The van der Waals surface area contributed by atoms with E-state index in [0.29, 0.717) is 19.5 Å². The van der Waals surface area contributed by atoms with Crippen LogP contribution in [0.1, 0.15) is 29.2 Å². The molecule has 0 aromatic carbocycles.